The topological polar surface area (TPSA) is 50.2 Å². The lowest BCUT2D eigenvalue weighted by molar-refractivity contribution is -0.131. The van der Waals surface area contributed by atoms with E-state index in [1.54, 1.807) is 17.5 Å². The minimum absolute atomic E-state index is 0.200. The number of thiophene rings is 1. The number of hydrogen-bond acceptors (Lipinski definition) is 4. The van der Waals surface area contributed by atoms with E-state index >= 15 is 0 Å². The SMILES string of the molecule is O=C(CNCCn1cccn1)N1CCCC1c1cccs1. The number of likely N-dealkylation sites (tertiary alicyclic amines) is 1. The van der Waals surface area contributed by atoms with Crippen molar-refractivity contribution in [1.82, 2.24) is 20.0 Å². The lowest BCUT2D eigenvalue weighted by atomic mass is 10.2. The van der Waals surface area contributed by atoms with Gasteiger partial charge >= 0.3 is 0 Å². The number of carbonyl (C=O) groups excluding carboxylic acids is 1. The van der Waals surface area contributed by atoms with Crippen LogP contribution in [0.1, 0.15) is 23.8 Å². The first kappa shape index (κ1) is 14.3. The fourth-order valence-corrected chi connectivity index (χ4v) is 3.64. The summed E-state index contributed by atoms with van der Waals surface area (Å²) in [6, 6.07) is 6.38. The molecule has 5 nitrogen and oxygen atoms in total. The van der Waals surface area contributed by atoms with Gasteiger partial charge in [-0.2, -0.15) is 5.10 Å². The van der Waals surface area contributed by atoms with Gasteiger partial charge in [0.15, 0.2) is 0 Å². The van der Waals surface area contributed by atoms with Gasteiger partial charge in [0.1, 0.15) is 0 Å². The number of nitrogens with zero attached hydrogens (tertiary/aromatic N) is 3. The summed E-state index contributed by atoms with van der Waals surface area (Å²) in [5, 5.41) is 9.44. The average Bonchev–Trinajstić information content (AvgIpc) is 3.24. The molecule has 112 valence electrons. The number of rotatable bonds is 6. The highest BCUT2D eigenvalue weighted by Gasteiger charge is 2.29. The van der Waals surface area contributed by atoms with Crippen molar-refractivity contribution in [3.8, 4) is 0 Å². The van der Waals surface area contributed by atoms with Crippen LogP contribution in [0.15, 0.2) is 36.0 Å². The third kappa shape index (κ3) is 3.51. The molecule has 21 heavy (non-hydrogen) atoms. The number of amides is 1. The van der Waals surface area contributed by atoms with Crippen LogP contribution in [-0.4, -0.2) is 40.2 Å². The molecule has 0 radical (unpaired) electrons. The standard InChI is InChI=1S/C15H20N4OS/c20-15(12-16-7-10-18-8-3-6-17-18)19-9-1-4-13(19)14-5-2-11-21-14/h2-3,5-6,8,11,13,16H,1,4,7,9-10,12H2. The Morgan fingerprint density at radius 3 is 3.19 bits per heavy atom. The van der Waals surface area contributed by atoms with E-state index in [1.165, 1.54) is 4.88 Å². The lowest BCUT2D eigenvalue weighted by Crippen LogP contribution is -2.38. The first-order valence-corrected chi connectivity index (χ1v) is 8.23. The van der Waals surface area contributed by atoms with Gasteiger partial charge in [0.25, 0.3) is 0 Å². The fraction of sp³-hybridized carbons (Fsp3) is 0.467. The zero-order valence-corrected chi connectivity index (χ0v) is 12.8. The molecule has 6 heteroatoms. The maximum Gasteiger partial charge on any atom is 0.237 e. The molecule has 3 heterocycles. The predicted molar refractivity (Wildman–Crippen MR) is 83.1 cm³/mol. The maximum atomic E-state index is 12.4. The van der Waals surface area contributed by atoms with Gasteiger partial charge in [-0.15, -0.1) is 11.3 Å². The van der Waals surface area contributed by atoms with Gasteiger partial charge in [0, 0.05) is 30.4 Å². The third-order valence-corrected chi connectivity index (χ3v) is 4.77. The van der Waals surface area contributed by atoms with Crippen LogP contribution >= 0.6 is 11.3 Å². The van der Waals surface area contributed by atoms with Crippen molar-refractivity contribution >= 4 is 17.2 Å². The molecule has 2 aromatic rings. The Hall–Kier alpha value is -1.66. The van der Waals surface area contributed by atoms with Crippen LogP contribution in [0.25, 0.3) is 0 Å². The highest BCUT2D eigenvalue weighted by Crippen LogP contribution is 2.34. The Balaban J connectivity index is 1.46. The molecule has 1 atom stereocenters. The van der Waals surface area contributed by atoms with Crippen LogP contribution in [0.3, 0.4) is 0 Å². The molecule has 0 saturated carbocycles. The normalized spacial score (nSPS) is 18.3. The summed E-state index contributed by atoms with van der Waals surface area (Å²) in [5.41, 5.74) is 0. The van der Waals surface area contributed by atoms with Crippen molar-refractivity contribution in [3.05, 3.63) is 40.8 Å². The highest BCUT2D eigenvalue weighted by atomic mass is 32.1. The highest BCUT2D eigenvalue weighted by molar-refractivity contribution is 7.10. The van der Waals surface area contributed by atoms with Crippen molar-refractivity contribution in [3.63, 3.8) is 0 Å². The summed E-state index contributed by atoms with van der Waals surface area (Å²) in [5.74, 6) is 0.200. The van der Waals surface area contributed by atoms with E-state index in [0.29, 0.717) is 6.54 Å². The van der Waals surface area contributed by atoms with Crippen LogP contribution in [0.5, 0.6) is 0 Å². The smallest absolute Gasteiger partial charge is 0.237 e. The van der Waals surface area contributed by atoms with Gasteiger partial charge in [-0.25, -0.2) is 0 Å². The van der Waals surface area contributed by atoms with Gasteiger partial charge < -0.3 is 10.2 Å². The summed E-state index contributed by atoms with van der Waals surface area (Å²) in [6.45, 7) is 2.82. The lowest BCUT2D eigenvalue weighted by Gasteiger charge is -2.24. The van der Waals surface area contributed by atoms with Crippen LogP contribution in [0.2, 0.25) is 0 Å². The molecule has 0 bridgehead atoms. The summed E-state index contributed by atoms with van der Waals surface area (Å²) < 4.78 is 1.86. The summed E-state index contributed by atoms with van der Waals surface area (Å²) in [6.07, 6.45) is 5.87. The average molecular weight is 304 g/mol. The van der Waals surface area contributed by atoms with Crippen LogP contribution in [0, 0.1) is 0 Å². The van der Waals surface area contributed by atoms with E-state index in [-0.39, 0.29) is 11.9 Å². The molecule has 3 rings (SSSR count). The Morgan fingerprint density at radius 1 is 1.48 bits per heavy atom. The summed E-state index contributed by atoms with van der Waals surface area (Å²) >= 11 is 1.74. The van der Waals surface area contributed by atoms with Gasteiger partial charge in [-0.05, 0) is 30.4 Å². The molecule has 1 N–H and O–H groups in total. The zero-order chi connectivity index (χ0) is 14.5. The van der Waals surface area contributed by atoms with Crippen molar-refractivity contribution in [1.29, 1.82) is 0 Å². The molecule has 1 saturated heterocycles. The third-order valence-electron chi connectivity index (χ3n) is 3.80. The molecule has 1 aliphatic rings. The Kier molecular flexibility index (Phi) is 4.67. The minimum atomic E-state index is 0.200. The van der Waals surface area contributed by atoms with Gasteiger partial charge in [-0.3, -0.25) is 9.48 Å². The molecule has 1 aliphatic heterocycles. The monoisotopic (exact) mass is 304 g/mol. The van der Waals surface area contributed by atoms with Crippen molar-refractivity contribution in [2.75, 3.05) is 19.6 Å². The Bertz CT molecular complexity index is 552. The molecule has 1 fully saturated rings. The molecular formula is C15H20N4OS. The maximum absolute atomic E-state index is 12.4. The van der Waals surface area contributed by atoms with E-state index in [0.717, 1.165) is 32.5 Å². The van der Waals surface area contributed by atoms with E-state index < -0.39 is 0 Å². The number of carbonyl (C=O) groups is 1. The van der Waals surface area contributed by atoms with E-state index in [9.17, 15) is 4.79 Å². The van der Waals surface area contributed by atoms with E-state index in [1.807, 2.05) is 21.8 Å². The van der Waals surface area contributed by atoms with E-state index in [4.69, 9.17) is 0 Å². The molecule has 1 amide bonds. The molecule has 0 aliphatic carbocycles. The molecular weight excluding hydrogens is 284 g/mol. The quantitative estimate of drug-likeness (QED) is 0.829. The van der Waals surface area contributed by atoms with Crippen molar-refractivity contribution in [2.45, 2.75) is 25.4 Å². The Morgan fingerprint density at radius 2 is 2.43 bits per heavy atom. The zero-order valence-electron chi connectivity index (χ0n) is 11.9. The van der Waals surface area contributed by atoms with Crippen LogP contribution < -0.4 is 5.32 Å². The second-order valence-corrected chi connectivity index (χ2v) is 6.19. The van der Waals surface area contributed by atoms with Gasteiger partial charge in [0.2, 0.25) is 5.91 Å². The molecule has 0 spiro atoms. The Labute approximate surface area is 128 Å². The van der Waals surface area contributed by atoms with Gasteiger partial charge in [-0.1, -0.05) is 6.07 Å². The fourth-order valence-electron chi connectivity index (χ4n) is 2.77. The molecule has 2 aromatic heterocycles. The number of hydrogen-bond donors (Lipinski definition) is 1. The molecule has 0 aromatic carbocycles. The minimum Gasteiger partial charge on any atom is -0.334 e. The molecule has 1 unspecified atom stereocenters. The number of nitrogens with one attached hydrogen (secondary N) is 1. The largest absolute Gasteiger partial charge is 0.334 e. The van der Waals surface area contributed by atoms with Crippen LogP contribution in [0.4, 0.5) is 0 Å². The summed E-state index contributed by atoms with van der Waals surface area (Å²) in [4.78, 5) is 15.7. The number of aromatic nitrogens is 2. The second-order valence-electron chi connectivity index (χ2n) is 5.21. The van der Waals surface area contributed by atoms with E-state index in [2.05, 4.69) is 27.9 Å². The van der Waals surface area contributed by atoms with Gasteiger partial charge in [0.05, 0.1) is 19.1 Å². The van der Waals surface area contributed by atoms with Crippen LogP contribution in [-0.2, 0) is 11.3 Å². The first-order chi connectivity index (χ1) is 10.3. The first-order valence-electron chi connectivity index (χ1n) is 7.35. The second kappa shape index (κ2) is 6.87. The van der Waals surface area contributed by atoms with Crippen molar-refractivity contribution in [2.24, 2.45) is 0 Å². The summed E-state index contributed by atoms with van der Waals surface area (Å²) in [7, 11) is 0. The predicted octanol–water partition coefficient (Wildman–Crippen LogP) is 1.90. The van der Waals surface area contributed by atoms with Crippen molar-refractivity contribution < 1.29 is 4.79 Å².